The first-order valence-corrected chi connectivity index (χ1v) is 8.41. The van der Waals surface area contributed by atoms with Crippen LogP contribution in [-0.2, 0) is 14.4 Å². The number of carboxylic acids is 1. The van der Waals surface area contributed by atoms with E-state index in [1.807, 2.05) is 0 Å². The number of amides is 2. The van der Waals surface area contributed by atoms with E-state index < -0.39 is 17.9 Å². The van der Waals surface area contributed by atoms with Crippen molar-refractivity contribution < 1.29 is 23.9 Å². The molecule has 7 heteroatoms. The lowest BCUT2D eigenvalue weighted by Crippen LogP contribution is -2.47. The molecule has 134 valence electrons. The van der Waals surface area contributed by atoms with E-state index in [2.05, 4.69) is 0 Å². The summed E-state index contributed by atoms with van der Waals surface area (Å²) < 4.78 is 13.4. The number of carbonyl (C=O) groups is 3. The molecular weight excluding hydrogens is 327 g/mol. The van der Waals surface area contributed by atoms with Gasteiger partial charge in [-0.3, -0.25) is 9.59 Å². The molecule has 0 bridgehead atoms. The number of hydrogen-bond donors (Lipinski definition) is 1. The smallest absolute Gasteiger partial charge is 0.326 e. The minimum Gasteiger partial charge on any atom is -0.480 e. The van der Waals surface area contributed by atoms with Crippen molar-refractivity contribution in [3.8, 4) is 0 Å². The van der Waals surface area contributed by atoms with Crippen LogP contribution in [0.1, 0.15) is 31.7 Å². The normalized spacial score (nSPS) is 21.3. The molecule has 6 nitrogen and oxygen atoms in total. The highest BCUT2D eigenvalue weighted by Crippen LogP contribution is 2.33. The molecule has 2 amide bonds. The lowest BCUT2D eigenvalue weighted by atomic mass is 10.1. The summed E-state index contributed by atoms with van der Waals surface area (Å²) in [5, 5.41) is 9.25. The van der Waals surface area contributed by atoms with Crippen molar-refractivity contribution in [2.45, 2.75) is 45.2 Å². The zero-order valence-corrected chi connectivity index (χ0v) is 14.2. The largest absolute Gasteiger partial charge is 0.480 e. The fraction of sp³-hybridized carbons (Fsp3) is 0.500. The molecule has 2 atom stereocenters. The van der Waals surface area contributed by atoms with Crippen molar-refractivity contribution in [3.05, 3.63) is 29.6 Å². The zero-order valence-electron chi connectivity index (χ0n) is 14.2. The summed E-state index contributed by atoms with van der Waals surface area (Å²) in [6.07, 6.45) is 1.64. The van der Waals surface area contributed by atoms with E-state index in [4.69, 9.17) is 0 Å². The number of hydrogen-bond acceptors (Lipinski definition) is 3. The van der Waals surface area contributed by atoms with Crippen molar-refractivity contribution in [3.63, 3.8) is 0 Å². The van der Waals surface area contributed by atoms with Crippen LogP contribution < -0.4 is 4.90 Å². The molecular formula is C18H21FN2O4. The molecule has 2 aliphatic rings. The standard InChI is InChI=1S/C18H21FN2O4/c1-10-7-14(5-6-15(10)19)20-9-12(8-16(20)22)17(23)21(13-3-4-13)11(2)18(24)25/h5-7,11-13H,3-4,8-9H2,1-2H3,(H,24,25). The lowest BCUT2D eigenvalue weighted by Gasteiger charge is -2.29. The van der Waals surface area contributed by atoms with Gasteiger partial charge >= 0.3 is 5.97 Å². The fourth-order valence-corrected chi connectivity index (χ4v) is 3.29. The number of benzene rings is 1. The predicted octanol–water partition coefficient (Wildman–Crippen LogP) is 1.95. The van der Waals surface area contributed by atoms with E-state index in [1.54, 1.807) is 13.0 Å². The zero-order chi connectivity index (χ0) is 18.3. The van der Waals surface area contributed by atoms with Gasteiger partial charge in [0.2, 0.25) is 11.8 Å². The maximum Gasteiger partial charge on any atom is 0.326 e. The highest BCUT2D eigenvalue weighted by molar-refractivity contribution is 6.01. The van der Waals surface area contributed by atoms with E-state index in [0.717, 1.165) is 12.8 Å². The first-order chi connectivity index (χ1) is 11.8. The van der Waals surface area contributed by atoms with E-state index in [0.29, 0.717) is 11.3 Å². The summed E-state index contributed by atoms with van der Waals surface area (Å²) in [5.41, 5.74) is 0.989. The van der Waals surface area contributed by atoms with Crippen LogP contribution in [0.15, 0.2) is 18.2 Å². The SMILES string of the molecule is Cc1cc(N2CC(C(=O)N(C3CC3)C(C)C(=O)O)CC2=O)ccc1F. The van der Waals surface area contributed by atoms with Gasteiger partial charge in [0.05, 0.1) is 5.92 Å². The summed E-state index contributed by atoms with van der Waals surface area (Å²) in [5.74, 6) is -2.45. The Morgan fingerprint density at radius 1 is 1.36 bits per heavy atom. The summed E-state index contributed by atoms with van der Waals surface area (Å²) >= 11 is 0. The first kappa shape index (κ1) is 17.4. The third kappa shape index (κ3) is 3.36. The maximum atomic E-state index is 13.4. The van der Waals surface area contributed by atoms with Crippen LogP contribution in [0.25, 0.3) is 0 Å². The molecule has 3 rings (SSSR count). The van der Waals surface area contributed by atoms with Crippen molar-refractivity contribution in [2.24, 2.45) is 5.92 Å². The van der Waals surface area contributed by atoms with Crippen molar-refractivity contribution in [1.82, 2.24) is 4.90 Å². The second-order valence-corrected chi connectivity index (χ2v) is 6.83. The van der Waals surface area contributed by atoms with Crippen LogP contribution in [-0.4, -0.2) is 46.4 Å². The Morgan fingerprint density at radius 2 is 2.04 bits per heavy atom. The number of halogens is 1. The van der Waals surface area contributed by atoms with Gasteiger partial charge in [0.25, 0.3) is 0 Å². The van der Waals surface area contributed by atoms with Crippen LogP contribution in [0.3, 0.4) is 0 Å². The quantitative estimate of drug-likeness (QED) is 0.882. The molecule has 2 unspecified atom stereocenters. The number of rotatable bonds is 5. The molecule has 0 radical (unpaired) electrons. The molecule has 25 heavy (non-hydrogen) atoms. The number of carboxylic acid groups (broad SMARTS) is 1. The minimum absolute atomic E-state index is 0.0455. The third-order valence-corrected chi connectivity index (χ3v) is 4.90. The number of aryl methyl sites for hydroxylation is 1. The molecule has 1 aliphatic heterocycles. The Hall–Kier alpha value is -2.44. The topological polar surface area (TPSA) is 77.9 Å². The van der Waals surface area contributed by atoms with Crippen molar-refractivity contribution >= 4 is 23.5 Å². The van der Waals surface area contributed by atoms with Gasteiger partial charge < -0.3 is 14.9 Å². The number of carbonyl (C=O) groups excluding carboxylic acids is 2. The van der Waals surface area contributed by atoms with Gasteiger partial charge in [-0.25, -0.2) is 9.18 Å². The van der Waals surface area contributed by atoms with Crippen LogP contribution in [0.2, 0.25) is 0 Å². The Morgan fingerprint density at radius 3 is 2.60 bits per heavy atom. The molecule has 0 aromatic heterocycles. The monoisotopic (exact) mass is 348 g/mol. The molecule has 0 spiro atoms. The molecule has 1 aliphatic carbocycles. The molecule has 1 N–H and O–H groups in total. The van der Waals surface area contributed by atoms with E-state index in [9.17, 15) is 23.9 Å². The van der Waals surface area contributed by atoms with Gasteiger partial charge in [-0.15, -0.1) is 0 Å². The Bertz CT molecular complexity index is 732. The average Bonchev–Trinajstić information content (AvgIpc) is 3.31. The van der Waals surface area contributed by atoms with E-state index in [1.165, 1.54) is 28.9 Å². The third-order valence-electron chi connectivity index (χ3n) is 4.90. The predicted molar refractivity (Wildman–Crippen MR) is 88.6 cm³/mol. The second kappa shape index (κ2) is 6.46. The minimum atomic E-state index is -1.05. The first-order valence-electron chi connectivity index (χ1n) is 8.41. The number of anilines is 1. The average molecular weight is 348 g/mol. The molecule has 1 saturated carbocycles. The summed E-state index contributed by atoms with van der Waals surface area (Å²) in [4.78, 5) is 39.4. The Kier molecular flexibility index (Phi) is 4.49. The molecule has 1 saturated heterocycles. The van der Waals surface area contributed by atoms with Crippen molar-refractivity contribution in [1.29, 1.82) is 0 Å². The highest BCUT2D eigenvalue weighted by Gasteiger charge is 2.44. The van der Waals surface area contributed by atoms with E-state index >= 15 is 0 Å². The van der Waals surface area contributed by atoms with Gasteiger partial charge in [0, 0.05) is 24.7 Å². The van der Waals surface area contributed by atoms with E-state index in [-0.39, 0.29) is 36.6 Å². The molecule has 1 aromatic rings. The van der Waals surface area contributed by atoms with Gasteiger partial charge in [0.1, 0.15) is 11.9 Å². The second-order valence-electron chi connectivity index (χ2n) is 6.83. The van der Waals surface area contributed by atoms with Crippen LogP contribution in [0.5, 0.6) is 0 Å². The highest BCUT2D eigenvalue weighted by atomic mass is 19.1. The summed E-state index contributed by atoms with van der Waals surface area (Å²) in [6.45, 7) is 3.31. The summed E-state index contributed by atoms with van der Waals surface area (Å²) in [7, 11) is 0. The van der Waals surface area contributed by atoms with Crippen LogP contribution in [0.4, 0.5) is 10.1 Å². The number of aliphatic carboxylic acids is 1. The van der Waals surface area contributed by atoms with Crippen molar-refractivity contribution in [2.75, 3.05) is 11.4 Å². The molecule has 2 fully saturated rings. The fourth-order valence-electron chi connectivity index (χ4n) is 3.29. The maximum absolute atomic E-state index is 13.4. The van der Waals surface area contributed by atoms with Gasteiger partial charge in [-0.05, 0) is 50.5 Å². The Balaban J connectivity index is 1.78. The van der Waals surface area contributed by atoms with Gasteiger partial charge in [-0.1, -0.05) is 0 Å². The summed E-state index contributed by atoms with van der Waals surface area (Å²) in [6, 6.07) is 3.45. The van der Waals surface area contributed by atoms with Gasteiger partial charge in [-0.2, -0.15) is 0 Å². The number of nitrogens with zero attached hydrogens (tertiary/aromatic N) is 2. The molecule has 1 aromatic carbocycles. The van der Waals surface area contributed by atoms with Crippen LogP contribution >= 0.6 is 0 Å². The van der Waals surface area contributed by atoms with Crippen LogP contribution in [0, 0.1) is 18.7 Å². The Labute approximate surface area is 145 Å². The van der Waals surface area contributed by atoms with Gasteiger partial charge in [0.15, 0.2) is 0 Å². The molecule has 1 heterocycles. The lowest BCUT2D eigenvalue weighted by molar-refractivity contribution is -0.151.